The van der Waals surface area contributed by atoms with E-state index in [-0.39, 0.29) is 10.9 Å². The van der Waals surface area contributed by atoms with Crippen LogP contribution < -0.4 is 5.32 Å². The SMILES string of the molecule is O=C(Nc1c(F)c(F)cc(F)c1F)c1cccs1. The molecule has 1 aromatic heterocycles. The zero-order chi connectivity index (χ0) is 13.3. The summed E-state index contributed by atoms with van der Waals surface area (Å²) in [7, 11) is 0. The highest BCUT2D eigenvalue weighted by atomic mass is 32.1. The highest BCUT2D eigenvalue weighted by Crippen LogP contribution is 2.25. The molecule has 0 saturated heterocycles. The maximum absolute atomic E-state index is 13.3. The lowest BCUT2D eigenvalue weighted by Crippen LogP contribution is -2.14. The summed E-state index contributed by atoms with van der Waals surface area (Å²) >= 11 is 1.03. The maximum atomic E-state index is 13.3. The van der Waals surface area contributed by atoms with Gasteiger partial charge in [-0.1, -0.05) is 6.07 Å². The number of amides is 1. The van der Waals surface area contributed by atoms with Crippen LogP contribution in [0, 0.1) is 23.3 Å². The molecule has 2 aromatic rings. The van der Waals surface area contributed by atoms with Gasteiger partial charge in [-0.25, -0.2) is 17.6 Å². The first-order chi connectivity index (χ1) is 8.50. The minimum absolute atomic E-state index is 0.0749. The van der Waals surface area contributed by atoms with Crippen LogP contribution in [-0.4, -0.2) is 5.91 Å². The van der Waals surface area contributed by atoms with E-state index in [1.165, 1.54) is 6.07 Å². The van der Waals surface area contributed by atoms with Crippen LogP contribution in [0.3, 0.4) is 0 Å². The number of nitrogens with one attached hydrogen (secondary N) is 1. The Bertz CT molecular complexity index is 571. The number of hydrogen-bond donors (Lipinski definition) is 1. The van der Waals surface area contributed by atoms with Gasteiger partial charge in [0.2, 0.25) is 0 Å². The molecule has 1 aromatic carbocycles. The first-order valence-corrected chi connectivity index (χ1v) is 5.56. The molecular formula is C11H5F4NOS. The molecule has 94 valence electrons. The molecule has 0 aliphatic carbocycles. The van der Waals surface area contributed by atoms with Crippen LogP contribution in [0.15, 0.2) is 23.6 Å². The van der Waals surface area contributed by atoms with Crippen LogP contribution in [0.2, 0.25) is 0 Å². The van der Waals surface area contributed by atoms with Gasteiger partial charge in [0.15, 0.2) is 23.3 Å². The van der Waals surface area contributed by atoms with Gasteiger partial charge in [-0.15, -0.1) is 11.3 Å². The van der Waals surface area contributed by atoms with Crippen molar-refractivity contribution < 1.29 is 22.4 Å². The summed E-state index contributed by atoms with van der Waals surface area (Å²) in [6.45, 7) is 0. The van der Waals surface area contributed by atoms with Crippen molar-refractivity contribution in [1.82, 2.24) is 0 Å². The molecule has 1 amide bonds. The van der Waals surface area contributed by atoms with Crippen LogP contribution in [0.4, 0.5) is 23.2 Å². The number of carbonyl (C=O) groups excluding carboxylic acids is 1. The highest BCUT2D eigenvalue weighted by Gasteiger charge is 2.21. The number of hydrogen-bond acceptors (Lipinski definition) is 2. The van der Waals surface area contributed by atoms with E-state index in [4.69, 9.17) is 0 Å². The first-order valence-electron chi connectivity index (χ1n) is 4.68. The molecule has 2 nitrogen and oxygen atoms in total. The highest BCUT2D eigenvalue weighted by molar-refractivity contribution is 7.12. The van der Waals surface area contributed by atoms with Crippen molar-refractivity contribution in [2.24, 2.45) is 0 Å². The quantitative estimate of drug-likeness (QED) is 0.659. The third-order valence-electron chi connectivity index (χ3n) is 2.10. The Balaban J connectivity index is 2.38. The van der Waals surface area contributed by atoms with Gasteiger partial charge in [-0.05, 0) is 11.4 Å². The minimum atomic E-state index is -1.64. The second-order valence-corrected chi connectivity index (χ2v) is 4.22. The molecule has 0 spiro atoms. The van der Waals surface area contributed by atoms with Gasteiger partial charge < -0.3 is 5.32 Å². The number of benzene rings is 1. The molecule has 0 fully saturated rings. The number of carbonyl (C=O) groups is 1. The van der Waals surface area contributed by atoms with E-state index in [2.05, 4.69) is 0 Å². The zero-order valence-electron chi connectivity index (χ0n) is 8.64. The van der Waals surface area contributed by atoms with Crippen LogP contribution in [-0.2, 0) is 0 Å². The Hall–Kier alpha value is -1.89. The monoisotopic (exact) mass is 275 g/mol. The number of rotatable bonds is 2. The average molecular weight is 275 g/mol. The first kappa shape index (κ1) is 12.6. The molecule has 0 atom stereocenters. The molecule has 0 radical (unpaired) electrons. The summed E-state index contributed by atoms with van der Waals surface area (Å²) in [5.74, 6) is -7.27. The van der Waals surface area contributed by atoms with Crippen molar-refractivity contribution in [3.63, 3.8) is 0 Å². The minimum Gasteiger partial charge on any atom is -0.316 e. The standard InChI is InChI=1S/C11H5F4NOS/c12-5-4-6(13)9(15)10(8(5)14)16-11(17)7-2-1-3-18-7/h1-4H,(H,16,17). The lowest BCUT2D eigenvalue weighted by atomic mass is 10.2. The predicted molar refractivity (Wildman–Crippen MR) is 58.5 cm³/mol. The third kappa shape index (κ3) is 2.21. The molecule has 7 heteroatoms. The van der Waals surface area contributed by atoms with Crippen molar-refractivity contribution in [3.05, 3.63) is 51.7 Å². The molecule has 0 aliphatic rings. The maximum Gasteiger partial charge on any atom is 0.265 e. The van der Waals surface area contributed by atoms with Gasteiger partial charge in [0.1, 0.15) is 5.69 Å². The smallest absolute Gasteiger partial charge is 0.265 e. The van der Waals surface area contributed by atoms with Gasteiger partial charge in [0.05, 0.1) is 4.88 Å². The lowest BCUT2D eigenvalue weighted by Gasteiger charge is -2.07. The molecule has 1 N–H and O–H groups in total. The Morgan fingerprint density at radius 2 is 1.72 bits per heavy atom. The summed E-state index contributed by atoms with van der Waals surface area (Å²) in [4.78, 5) is 11.7. The number of halogens is 4. The van der Waals surface area contributed by atoms with E-state index in [0.29, 0.717) is 0 Å². The molecular weight excluding hydrogens is 270 g/mol. The molecule has 1 heterocycles. The van der Waals surface area contributed by atoms with E-state index < -0.39 is 34.9 Å². The number of anilines is 1. The molecule has 0 bridgehead atoms. The second-order valence-electron chi connectivity index (χ2n) is 3.27. The summed E-state index contributed by atoms with van der Waals surface area (Å²) in [5, 5.41) is 3.38. The molecule has 2 rings (SSSR count). The van der Waals surface area contributed by atoms with Crippen molar-refractivity contribution in [2.75, 3.05) is 5.32 Å². The zero-order valence-corrected chi connectivity index (χ0v) is 9.45. The fraction of sp³-hybridized carbons (Fsp3) is 0. The lowest BCUT2D eigenvalue weighted by molar-refractivity contribution is 0.102. The van der Waals surface area contributed by atoms with Crippen molar-refractivity contribution in [3.8, 4) is 0 Å². The van der Waals surface area contributed by atoms with Crippen LogP contribution in [0.25, 0.3) is 0 Å². The van der Waals surface area contributed by atoms with Crippen molar-refractivity contribution in [2.45, 2.75) is 0 Å². The predicted octanol–water partition coefficient (Wildman–Crippen LogP) is 3.56. The molecule has 0 aliphatic heterocycles. The average Bonchev–Trinajstić information content (AvgIpc) is 2.85. The number of thiophene rings is 1. The molecule has 0 unspecified atom stereocenters. The second kappa shape index (κ2) is 4.77. The third-order valence-corrected chi connectivity index (χ3v) is 2.96. The molecule has 18 heavy (non-hydrogen) atoms. The largest absolute Gasteiger partial charge is 0.316 e. The Labute approximate surface area is 103 Å². The fourth-order valence-corrected chi connectivity index (χ4v) is 1.88. The van der Waals surface area contributed by atoms with Crippen LogP contribution in [0.5, 0.6) is 0 Å². The summed E-state index contributed by atoms with van der Waals surface area (Å²) in [6, 6.07) is 3.04. The summed E-state index contributed by atoms with van der Waals surface area (Å²) < 4.78 is 52.3. The van der Waals surface area contributed by atoms with E-state index in [1.807, 2.05) is 0 Å². The van der Waals surface area contributed by atoms with E-state index in [1.54, 1.807) is 16.8 Å². The fourth-order valence-electron chi connectivity index (χ4n) is 1.27. The molecule has 0 saturated carbocycles. The van der Waals surface area contributed by atoms with Crippen molar-refractivity contribution >= 4 is 22.9 Å². The normalized spacial score (nSPS) is 10.4. The van der Waals surface area contributed by atoms with Gasteiger partial charge in [0, 0.05) is 6.07 Å². The summed E-state index contributed by atoms with van der Waals surface area (Å²) in [6.07, 6.45) is 0. The van der Waals surface area contributed by atoms with Crippen LogP contribution in [0.1, 0.15) is 9.67 Å². The van der Waals surface area contributed by atoms with E-state index in [0.717, 1.165) is 11.3 Å². The summed E-state index contributed by atoms with van der Waals surface area (Å²) in [5.41, 5.74) is -1.13. The van der Waals surface area contributed by atoms with E-state index >= 15 is 0 Å². The van der Waals surface area contributed by atoms with Crippen LogP contribution >= 0.6 is 11.3 Å². The van der Waals surface area contributed by atoms with Gasteiger partial charge in [0.25, 0.3) is 5.91 Å². The van der Waals surface area contributed by atoms with Crippen molar-refractivity contribution in [1.29, 1.82) is 0 Å². The Morgan fingerprint density at radius 1 is 1.11 bits per heavy atom. The van der Waals surface area contributed by atoms with Gasteiger partial charge in [-0.2, -0.15) is 0 Å². The van der Waals surface area contributed by atoms with E-state index in [9.17, 15) is 22.4 Å². The van der Waals surface area contributed by atoms with Gasteiger partial charge >= 0.3 is 0 Å². The topological polar surface area (TPSA) is 29.1 Å². The van der Waals surface area contributed by atoms with Gasteiger partial charge in [-0.3, -0.25) is 4.79 Å². The Morgan fingerprint density at radius 3 is 2.22 bits per heavy atom. The Kier molecular flexibility index (Phi) is 3.33.